The zero-order valence-electron chi connectivity index (χ0n) is 17.8. The Bertz CT molecular complexity index is 903. The topological polar surface area (TPSA) is 28.2 Å². The van der Waals surface area contributed by atoms with Gasteiger partial charge >= 0.3 is 0 Å². The zero-order chi connectivity index (χ0) is 20.7. The summed E-state index contributed by atoms with van der Waals surface area (Å²) in [6, 6.07) is 18.7. The molecule has 0 radical (unpaired) electrons. The SMILES string of the molecule is CC(C)(C)CCN(CCCNc1ccnc2cc(Cl)ccc12)Cc1ccccc1. The van der Waals surface area contributed by atoms with E-state index in [0.717, 1.165) is 54.2 Å². The van der Waals surface area contributed by atoms with Gasteiger partial charge in [-0.05, 0) is 54.6 Å². The number of halogens is 1. The standard InChI is InChI=1S/C25H32ClN3/c1-25(2,3)13-17-29(19-20-8-5-4-6-9-20)16-7-14-27-23-12-15-28-24-18-21(26)10-11-22(23)24/h4-6,8-12,15,18H,7,13-14,16-17,19H2,1-3H3,(H,27,28). The van der Waals surface area contributed by atoms with Crippen molar-refractivity contribution >= 4 is 28.2 Å². The van der Waals surface area contributed by atoms with Crippen LogP contribution in [0.3, 0.4) is 0 Å². The van der Waals surface area contributed by atoms with Gasteiger partial charge < -0.3 is 5.32 Å². The summed E-state index contributed by atoms with van der Waals surface area (Å²) in [5, 5.41) is 5.43. The van der Waals surface area contributed by atoms with Crippen molar-refractivity contribution in [1.82, 2.24) is 9.88 Å². The Hall–Kier alpha value is -2.10. The van der Waals surface area contributed by atoms with E-state index in [-0.39, 0.29) is 0 Å². The van der Waals surface area contributed by atoms with Crippen LogP contribution < -0.4 is 5.32 Å². The average Bonchev–Trinajstić information content (AvgIpc) is 2.69. The molecule has 0 unspecified atom stereocenters. The molecule has 0 aliphatic heterocycles. The van der Waals surface area contributed by atoms with Crippen LogP contribution in [0, 0.1) is 5.41 Å². The van der Waals surface area contributed by atoms with E-state index < -0.39 is 0 Å². The lowest BCUT2D eigenvalue weighted by Crippen LogP contribution is -2.29. The Morgan fingerprint density at radius 2 is 1.79 bits per heavy atom. The van der Waals surface area contributed by atoms with Crippen LogP contribution >= 0.6 is 11.6 Å². The molecule has 0 spiro atoms. The van der Waals surface area contributed by atoms with E-state index >= 15 is 0 Å². The van der Waals surface area contributed by atoms with Crippen LogP contribution in [0.5, 0.6) is 0 Å². The minimum atomic E-state index is 0.352. The molecule has 154 valence electrons. The fourth-order valence-electron chi connectivity index (χ4n) is 3.41. The van der Waals surface area contributed by atoms with E-state index in [0.29, 0.717) is 5.41 Å². The minimum absolute atomic E-state index is 0.352. The number of pyridine rings is 1. The third kappa shape index (κ3) is 7.02. The molecule has 0 atom stereocenters. The Morgan fingerprint density at radius 1 is 1.00 bits per heavy atom. The number of hydrogen-bond acceptors (Lipinski definition) is 3. The lowest BCUT2D eigenvalue weighted by atomic mass is 9.92. The first-order chi connectivity index (χ1) is 13.9. The minimum Gasteiger partial charge on any atom is -0.384 e. The number of nitrogens with zero attached hydrogens (tertiary/aromatic N) is 2. The molecule has 0 aliphatic rings. The second-order valence-electron chi connectivity index (χ2n) is 8.87. The lowest BCUT2D eigenvalue weighted by molar-refractivity contribution is 0.220. The van der Waals surface area contributed by atoms with Gasteiger partial charge in [-0.3, -0.25) is 9.88 Å². The number of aromatic nitrogens is 1. The molecule has 0 saturated heterocycles. The first kappa shape index (κ1) is 21.6. The van der Waals surface area contributed by atoms with E-state index in [9.17, 15) is 0 Å². The van der Waals surface area contributed by atoms with E-state index in [1.54, 1.807) is 0 Å². The first-order valence-corrected chi connectivity index (χ1v) is 10.8. The summed E-state index contributed by atoms with van der Waals surface area (Å²) in [5.41, 5.74) is 3.78. The van der Waals surface area contributed by atoms with E-state index in [1.165, 1.54) is 12.0 Å². The van der Waals surface area contributed by atoms with Gasteiger partial charge in [0.2, 0.25) is 0 Å². The summed E-state index contributed by atoms with van der Waals surface area (Å²) in [6.07, 6.45) is 4.13. The molecule has 0 amide bonds. The van der Waals surface area contributed by atoms with Crippen molar-refractivity contribution in [3.8, 4) is 0 Å². The van der Waals surface area contributed by atoms with E-state index in [4.69, 9.17) is 11.6 Å². The van der Waals surface area contributed by atoms with Crippen LogP contribution in [0.1, 0.15) is 39.2 Å². The Labute approximate surface area is 180 Å². The number of anilines is 1. The molecule has 3 rings (SSSR count). The predicted molar refractivity (Wildman–Crippen MR) is 126 cm³/mol. The molecule has 4 heteroatoms. The van der Waals surface area contributed by atoms with E-state index in [1.807, 2.05) is 30.5 Å². The van der Waals surface area contributed by atoms with Crippen molar-refractivity contribution < 1.29 is 0 Å². The van der Waals surface area contributed by atoms with Crippen molar-refractivity contribution in [2.24, 2.45) is 5.41 Å². The molecule has 3 nitrogen and oxygen atoms in total. The van der Waals surface area contributed by atoms with Gasteiger partial charge in [0.15, 0.2) is 0 Å². The third-order valence-corrected chi connectivity index (χ3v) is 5.33. The maximum Gasteiger partial charge on any atom is 0.0737 e. The predicted octanol–water partition coefficient (Wildman–Crippen LogP) is 6.63. The summed E-state index contributed by atoms with van der Waals surface area (Å²) >= 11 is 6.09. The van der Waals surface area contributed by atoms with Crippen LogP contribution in [0.4, 0.5) is 5.69 Å². The molecular weight excluding hydrogens is 378 g/mol. The summed E-state index contributed by atoms with van der Waals surface area (Å²) in [6.45, 7) is 11.1. The van der Waals surface area contributed by atoms with Gasteiger partial charge in [-0.2, -0.15) is 0 Å². The van der Waals surface area contributed by atoms with Crippen LogP contribution in [-0.4, -0.2) is 29.5 Å². The largest absolute Gasteiger partial charge is 0.384 e. The lowest BCUT2D eigenvalue weighted by Gasteiger charge is -2.27. The number of hydrogen-bond donors (Lipinski definition) is 1. The number of benzene rings is 2. The highest BCUT2D eigenvalue weighted by Gasteiger charge is 2.14. The molecule has 1 aromatic heterocycles. The Kier molecular flexibility index (Phi) is 7.51. The van der Waals surface area contributed by atoms with Gasteiger partial charge in [0.05, 0.1) is 5.52 Å². The summed E-state index contributed by atoms with van der Waals surface area (Å²) < 4.78 is 0. The maximum absolute atomic E-state index is 6.09. The molecule has 1 heterocycles. The number of fused-ring (bicyclic) bond motifs is 1. The average molecular weight is 410 g/mol. The Balaban J connectivity index is 1.56. The first-order valence-electron chi connectivity index (χ1n) is 10.5. The number of nitrogens with one attached hydrogen (secondary N) is 1. The maximum atomic E-state index is 6.09. The third-order valence-electron chi connectivity index (χ3n) is 5.10. The van der Waals surface area contributed by atoms with Gasteiger partial charge in [0, 0.05) is 41.9 Å². The van der Waals surface area contributed by atoms with Crippen molar-refractivity contribution in [2.45, 2.75) is 40.2 Å². The van der Waals surface area contributed by atoms with Crippen molar-refractivity contribution in [1.29, 1.82) is 0 Å². The summed E-state index contributed by atoms with van der Waals surface area (Å²) in [7, 11) is 0. The zero-order valence-corrected chi connectivity index (χ0v) is 18.5. The highest BCUT2D eigenvalue weighted by atomic mass is 35.5. The molecule has 29 heavy (non-hydrogen) atoms. The van der Waals surface area contributed by atoms with Crippen LogP contribution in [-0.2, 0) is 6.54 Å². The van der Waals surface area contributed by atoms with Gasteiger partial charge in [0.1, 0.15) is 0 Å². The molecule has 3 aromatic rings. The van der Waals surface area contributed by atoms with Crippen LogP contribution in [0.25, 0.3) is 10.9 Å². The molecule has 1 N–H and O–H groups in total. The van der Waals surface area contributed by atoms with Gasteiger partial charge in [-0.25, -0.2) is 0 Å². The highest BCUT2D eigenvalue weighted by Crippen LogP contribution is 2.24. The quantitative estimate of drug-likeness (QED) is 0.402. The second kappa shape index (κ2) is 10.1. The van der Waals surface area contributed by atoms with Crippen molar-refractivity contribution in [3.05, 3.63) is 71.4 Å². The van der Waals surface area contributed by atoms with Crippen LogP contribution in [0.2, 0.25) is 5.02 Å². The summed E-state index contributed by atoms with van der Waals surface area (Å²) in [4.78, 5) is 7.00. The molecule has 0 fully saturated rings. The molecule has 0 aliphatic carbocycles. The Morgan fingerprint density at radius 3 is 2.55 bits per heavy atom. The molecule has 0 saturated carbocycles. The monoisotopic (exact) mass is 409 g/mol. The normalized spacial score (nSPS) is 11.9. The van der Waals surface area contributed by atoms with Crippen molar-refractivity contribution in [2.75, 3.05) is 25.0 Å². The van der Waals surface area contributed by atoms with Gasteiger partial charge in [-0.15, -0.1) is 0 Å². The molecule has 2 aromatic carbocycles. The fraction of sp³-hybridized carbons (Fsp3) is 0.400. The smallest absolute Gasteiger partial charge is 0.0737 e. The summed E-state index contributed by atoms with van der Waals surface area (Å²) in [5.74, 6) is 0. The highest BCUT2D eigenvalue weighted by molar-refractivity contribution is 6.31. The van der Waals surface area contributed by atoms with Crippen molar-refractivity contribution in [3.63, 3.8) is 0 Å². The van der Waals surface area contributed by atoms with Gasteiger partial charge in [0.25, 0.3) is 0 Å². The molecular formula is C25H32ClN3. The number of rotatable bonds is 9. The second-order valence-corrected chi connectivity index (χ2v) is 9.31. The van der Waals surface area contributed by atoms with Gasteiger partial charge in [-0.1, -0.05) is 62.7 Å². The fourth-order valence-corrected chi connectivity index (χ4v) is 3.57. The van der Waals surface area contributed by atoms with Crippen LogP contribution in [0.15, 0.2) is 60.8 Å². The molecule has 0 bridgehead atoms. The van der Waals surface area contributed by atoms with E-state index in [2.05, 4.69) is 66.3 Å².